The fourth-order valence-corrected chi connectivity index (χ4v) is 1.61. The molecular weight excluding hydrogens is 246 g/mol. The molecule has 108 valence electrons. The van der Waals surface area contributed by atoms with E-state index >= 15 is 0 Å². The number of hydrogen-bond donors (Lipinski definition) is 4. The minimum atomic E-state index is -0.434. The Kier molecular flexibility index (Phi) is 5.25. The molecule has 5 N–H and O–H groups in total. The highest BCUT2D eigenvalue weighted by Gasteiger charge is 2.26. The van der Waals surface area contributed by atoms with Crippen molar-refractivity contribution in [2.75, 3.05) is 36.3 Å². The summed E-state index contributed by atoms with van der Waals surface area (Å²) in [5.41, 5.74) is 1.98. The van der Waals surface area contributed by atoms with Gasteiger partial charge in [0, 0.05) is 14.1 Å². The second kappa shape index (κ2) is 6.48. The molecule has 0 amide bonds. The zero-order chi connectivity index (χ0) is 14.5. The third-order valence-electron chi connectivity index (χ3n) is 3.19. The van der Waals surface area contributed by atoms with Gasteiger partial charge in [-0.2, -0.15) is 15.0 Å². The number of rotatable bonds is 7. The van der Waals surface area contributed by atoms with E-state index < -0.39 is 5.54 Å². The van der Waals surface area contributed by atoms with Gasteiger partial charge in [0.25, 0.3) is 0 Å². The van der Waals surface area contributed by atoms with Crippen LogP contribution < -0.4 is 21.5 Å². The number of nitrogens with zero attached hydrogens (tertiary/aromatic N) is 4. The van der Waals surface area contributed by atoms with Crippen LogP contribution in [-0.4, -0.2) is 46.3 Å². The first-order chi connectivity index (χ1) is 9.00. The molecule has 0 aliphatic carbocycles. The first-order valence-electron chi connectivity index (χ1n) is 6.29. The Morgan fingerprint density at radius 1 is 1.16 bits per heavy atom. The molecule has 0 atom stereocenters. The third-order valence-corrected chi connectivity index (χ3v) is 3.19. The van der Waals surface area contributed by atoms with Crippen LogP contribution in [0, 0.1) is 0 Å². The molecule has 19 heavy (non-hydrogen) atoms. The molecule has 0 aromatic carbocycles. The molecule has 0 aliphatic heterocycles. The third kappa shape index (κ3) is 3.65. The highest BCUT2D eigenvalue weighted by Crippen LogP contribution is 2.21. The monoisotopic (exact) mass is 269 g/mol. The molecule has 0 saturated carbocycles. The zero-order valence-corrected chi connectivity index (χ0v) is 11.9. The maximum absolute atomic E-state index is 9.56. The van der Waals surface area contributed by atoms with Crippen molar-refractivity contribution < 1.29 is 5.11 Å². The van der Waals surface area contributed by atoms with E-state index in [1.165, 1.54) is 0 Å². The highest BCUT2D eigenvalue weighted by atomic mass is 16.3. The smallest absolute Gasteiger partial charge is 0.243 e. The number of hydrazine groups is 1. The second-order valence-corrected chi connectivity index (χ2v) is 4.59. The van der Waals surface area contributed by atoms with Gasteiger partial charge in [0.05, 0.1) is 12.1 Å². The number of hydrogen-bond acceptors (Lipinski definition) is 8. The van der Waals surface area contributed by atoms with E-state index in [1.54, 1.807) is 4.90 Å². The molecule has 8 nitrogen and oxygen atoms in total. The lowest BCUT2D eigenvalue weighted by atomic mass is 9.94. The molecule has 1 heterocycles. The molecule has 1 aromatic heterocycles. The Labute approximate surface area is 113 Å². The molecule has 0 spiro atoms. The standard InChI is InChI=1S/C11H23N7O/c1-5-11(6-2,7-19)16-8-13-9(17-12)15-10(14-8)18(3)4/h19H,5-7,12H2,1-4H3,(H2,13,14,15,16,17). The second-order valence-electron chi connectivity index (χ2n) is 4.59. The number of aliphatic hydroxyl groups excluding tert-OH is 1. The summed E-state index contributed by atoms with van der Waals surface area (Å²) in [5, 5.41) is 12.7. The van der Waals surface area contributed by atoms with Crippen LogP contribution in [0.3, 0.4) is 0 Å². The lowest BCUT2D eigenvalue weighted by Gasteiger charge is -2.30. The average Bonchev–Trinajstić information content (AvgIpc) is 2.44. The van der Waals surface area contributed by atoms with Crippen LogP contribution in [0.15, 0.2) is 0 Å². The quantitative estimate of drug-likeness (QED) is 0.410. The van der Waals surface area contributed by atoms with Crippen LogP contribution in [0.4, 0.5) is 17.8 Å². The van der Waals surface area contributed by atoms with Gasteiger partial charge in [-0.25, -0.2) is 5.84 Å². The number of aromatic nitrogens is 3. The van der Waals surface area contributed by atoms with Gasteiger partial charge in [0.2, 0.25) is 17.8 Å². The van der Waals surface area contributed by atoms with Gasteiger partial charge in [0.15, 0.2) is 0 Å². The molecule has 0 unspecified atom stereocenters. The van der Waals surface area contributed by atoms with Crippen molar-refractivity contribution in [3.63, 3.8) is 0 Å². The largest absolute Gasteiger partial charge is 0.394 e. The van der Waals surface area contributed by atoms with Crippen molar-refractivity contribution in [3.8, 4) is 0 Å². The Bertz CT molecular complexity index is 398. The first-order valence-corrected chi connectivity index (χ1v) is 6.29. The molecule has 0 aliphatic rings. The number of anilines is 3. The van der Waals surface area contributed by atoms with Crippen molar-refractivity contribution in [2.45, 2.75) is 32.2 Å². The van der Waals surface area contributed by atoms with Gasteiger partial charge in [-0.3, -0.25) is 5.43 Å². The molecule has 8 heteroatoms. The SMILES string of the molecule is CCC(CC)(CO)Nc1nc(NN)nc(N(C)C)n1. The Balaban J connectivity index is 3.08. The zero-order valence-electron chi connectivity index (χ0n) is 11.9. The van der Waals surface area contributed by atoms with Crippen LogP contribution in [-0.2, 0) is 0 Å². The van der Waals surface area contributed by atoms with E-state index in [2.05, 4.69) is 25.7 Å². The fourth-order valence-electron chi connectivity index (χ4n) is 1.61. The van der Waals surface area contributed by atoms with E-state index in [0.717, 1.165) is 12.8 Å². The molecule has 0 fully saturated rings. The number of aliphatic hydroxyl groups is 1. The van der Waals surface area contributed by atoms with Crippen LogP contribution in [0.5, 0.6) is 0 Å². The first kappa shape index (κ1) is 15.4. The average molecular weight is 269 g/mol. The maximum atomic E-state index is 9.56. The lowest BCUT2D eigenvalue weighted by molar-refractivity contribution is 0.201. The summed E-state index contributed by atoms with van der Waals surface area (Å²) in [7, 11) is 3.66. The van der Waals surface area contributed by atoms with Gasteiger partial charge < -0.3 is 15.3 Å². The highest BCUT2D eigenvalue weighted by molar-refractivity contribution is 5.43. The summed E-state index contributed by atoms with van der Waals surface area (Å²) in [5.74, 6) is 6.51. The van der Waals surface area contributed by atoms with Gasteiger partial charge in [-0.05, 0) is 12.8 Å². The summed E-state index contributed by atoms with van der Waals surface area (Å²) >= 11 is 0. The minimum absolute atomic E-state index is 0.00830. The van der Waals surface area contributed by atoms with Gasteiger partial charge >= 0.3 is 0 Å². The topological polar surface area (TPSA) is 112 Å². The van der Waals surface area contributed by atoms with E-state index in [1.807, 2.05) is 27.9 Å². The molecule has 1 aromatic rings. The van der Waals surface area contributed by atoms with E-state index in [9.17, 15) is 5.11 Å². The summed E-state index contributed by atoms with van der Waals surface area (Å²) in [4.78, 5) is 14.3. The minimum Gasteiger partial charge on any atom is -0.394 e. The maximum Gasteiger partial charge on any atom is 0.243 e. The van der Waals surface area contributed by atoms with Gasteiger partial charge in [-0.15, -0.1) is 0 Å². The summed E-state index contributed by atoms with van der Waals surface area (Å²) in [6, 6.07) is 0. The molecule has 1 rings (SSSR count). The lowest BCUT2D eigenvalue weighted by Crippen LogP contribution is -2.41. The van der Waals surface area contributed by atoms with E-state index in [0.29, 0.717) is 11.9 Å². The predicted octanol–water partition coefficient (Wildman–Crippen LogP) is 0.186. The predicted molar refractivity (Wildman–Crippen MR) is 76.0 cm³/mol. The summed E-state index contributed by atoms with van der Waals surface area (Å²) in [6.45, 7) is 4.01. The molecule has 0 radical (unpaired) electrons. The van der Waals surface area contributed by atoms with Crippen molar-refractivity contribution in [2.24, 2.45) is 5.84 Å². The van der Waals surface area contributed by atoms with E-state index in [4.69, 9.17) is 5.84 Å². The Morgan fingerprint density at radius 3 is 2.16 bits per heavy atom. The fraction of sp³-hybridized carbons (Fsp3) is 0.727. The molecular formula is C11H23N7O. The Hall–Kier alpha value is -1.67. The Morgan fingerprint density at radius 2 is 1.74 bits per heavy atom. The van der Waals surface area contributed by atoms with Crippen LogP contribution in [0.1, 0.15) is 26.7 Å². The molecule has 0 saturated heterocycles. The van der Waals surface area contributed by atoms with Crippen molar-refractivity contribution >= 4 is 17.8 Å². The summed E-state index contributed by atoms with van der Waals surface area (Å²) < 4.78 is 0. The van der Waals surface area contributed by atoms with Gasteiger partial charge in [-0.1, -0.05) is 13.8 Å². The summed E-state index contributed by atoms with van der Waals surface area (Å²) in [6.07, 6.45) is 1.52. The normalized spacial score (nSPS) is 11.3. The number of nitrogens with two attached hydrogens (primary N) is 1. The number of nitrogens with one attached hydrogen (secondary N) is 2. The van der Waals surface area contributed by atoms with E-state index in [-0.39, 0.29) is 12.6 Å². The van der Waals surface area contributed by atoms with Crippen LogP contribution in [0.2, 0.25) is 0 Å². The van der Waals surface area contributed by atoms with Crippen molar-refractivity contribution in [1.29, 1.82) is 0 Å². The van der Waals surface area contributed by atoms with Crippen LogP contribution in [0.25, 0.3) is 0 Å². The molecule has 0 bridgehead atoms. The number of nitrogen functional groups attached to an aromatic ring is 1. The van der Waals surface area contributed by atoms with Crippen LogP contribution >= 0.6 is 0 Å². The van der Waals surface area contributed by atoms with Crippen molar-refractivity contribution in [3.05, 3.63) is 0 Å². The van der Waals surface area contributed by atoms with Gasteiger partial charge in [0.1, 0.15) is 0 Å². The van der Waals surface area contributed by atoms with Crippen molar-refractivity contribution in [1.82, 2.24) is 15.0 Å².